The lowest BCUT2D eigenvalue weighted by atomic mass is 9.93. The molecular formula is C10H15F3O4S. The fourth-order valence-corrected chi connectivity index (χ4v) is 1.91. The van der Waals surface area contributed by atoms with Gasteiger partial charge in [0.05, 0.1) is 12.4 Å². The van der Waals surface area contributed by atoms with Crippen molar-refractivity contribution in [3.63, 3.8) is 0 Å². The maximum atomic E-state index is 12.6. The van der Waals surface area contributed by atoms with Gasteiger partial charge >= 0.3 is 18.1 Å². The van der Waals surface area contributed by atoms with E-state index in [4.69, 9.17) is 5.11 Å². The highest BCUT2D eigenvalue weighted by Crippen LogP contribution is 2.40. The molecule has 0 heterocycles. The number of aliphatic carboxylic acids is 1. The van der Waals surface area contributed by atoms with Gasteiger partial charge in [0.1, 0.15) is 0 Å². The van der Waals surface area contributed by atoms with E-state index in [0.717, 1.165) is 0 Å². The van der Waals surface area contributed by atoms with Crippen molar-refractivity contribution in [1.29, 1.82) is 0 Å². The molecule has 0 aromatic heterocycles. The van der Waals surface area contributed by atoms with Gasteiger partial charge in [-0.25, -0.2) is 0 Å². The first-order valence-corrected chi connectivity index (χ1v) is 6.34. The fraction of sp³-hybridized carbons (Fsp3) is 0.800. The molecule has 0 saturated carbocycles. The standard InChI is InChI=1S/C10H15F3O4S/c1-3-4-17-7(14)5-18-6-9(2,8(15)16)10(11,12)13/h3-6H2,1-2H3,(H,15,16). The van der Waals surface area contributed by atoms with Crippen LogP contribution < -0.4 is 0 Å². The van der Waals surface area contributed by atoms with Crippen LogP contribution in [-0.2, 0) is 14.3 Å². The zero-order valence-corrected chi connectivity index (χ0v) is 10.9. The Bertz CT molecular complexity index is 306. The summed E-state index contributed by atoms with van der Waals surface area (Å²) in [6.45, 7) is 2.58. The Hall–Kier alpha value is -0.920. The minimum atomic E-state index is -4.86. The summed E-state index contributed by atoms with van der Waals surface area (Å²) < 4.78 is 42.4. The summed E-state index contributed by atoms with van der Waals surface area (Å²) in [5, 5.41) is 8.63. The second kappa shape index (κ2) is 6.86. The van der Waals surface area contributed by atoms with Gasteiger partial charge in [0.15, 0.2) is 5.41 Å². The molecule has 1 N–H and O–H groups in total. The predicted molar refractivity (Wildman–Crippen MR) is 60.4 cm³/mol. The molecule has 0 aromatic carbocycles. The number of carboxylic acid groups (broad SMARTS) is 1. The summed E-state index contributed by atoms with van der Waals surface area (Å²) in [5.74, 6) is -3.62. The van der Waals surface area contributed by atoms with Crippen LogP contribution in [0.25, 0.3) is 0 Å². The molecule has 8 heteroatoms. The van der Waals surface area contributed by atoms with Crippen LogP contribution in [0, 0.1) is 5.41 Å². The largest absolute Gasteiger partial charge is 0.481 e. The highest BCUT2D eigenvalue weighted by Gasteiger charge is 2.56. The number of carbonyl (C=O) groups is 2. The van der Waals surface area contributed by atoms with Crippen molar-refractivity contribution >= 4 is 23.7 Å². The number of halogens is 3. The van der Waals surface area contributed by atoms with Crippen molar-refractivity contribution in [3.8, 4) is 0 Å². The van der Waals surface area contributed by atoms with Crippen LogP contribution in [0.4, 0.5) is 13.2 Å². The number of esters is 1. The summed E-state index contributed by atoms with van der Waals surface area (Å²) in [6, 6.07) is 0. The summed E-state index contributed by atoms with van der Waals surface area (Å²) >= 11 is 0.599. The highest BCUT2D eigenvalue weighted by molar-refractivity contribution is 8.00. The van der Waals surface area contributed by atoms with Crippen molar-refractivity contribution in [2.75, 3.05) is 18.1 Å². The van der Waals surface area contributed by atoms with E-state index in [1.807, 2.05) is 0 Å². The molecule has 0 aliphatic heterocycles. The van der Waals surface area contributed by atoms with E-state index >= 15 is 0 Å². The van der Waals surface area contributed by atoms with E-state index in [0.29, 0.717) is 25.1 Å². The van der Waals surface area contributed by atoms with E-state index in [9.17, 15) is 22.8 Å². The molecule has 0 rings (SSSR count). The van der Waals surface area contributed by atoms with Gasteiger partial charge in [0, 0.05) is 5.75 Å². The van der Waals surface area contributed by atoms with Gasteiger partial charge < -0.3 is 9.84 Å². The van der Waals surface area contributed by atoms with Gasteiger partial charge in [-0.3, -0.25) is 9.59 Å². The maximum Gasteiger partial charge on any atom is 0.405 e. The lowest BCUT2D eigenvalue weighted by Gasteiger charge is -2.26. The lowest BCUT2D eigenvalue weighted by molar-refractivity contribution is -0.219. The van der Waals surface area contributed by atoms with Crippen LogP contribution in [0.2, 0.25) is 0 Å². The molecule has 18 heavy (non-hydrogen) atoms. The van der Waals surface area contributed by atoms with Gasteiger partial charge in [0.2, 0.25) is 0 Å². The fourth-order valence-electron chi connectivity index (χ4n) is 0.861. The number of alkyl halides is 3. The predicted octanol–water partition coefficient (Wildman–Crippen LogP) is 2.33. The number of carbonyl (C=O) groups excluding carboxylic acids is 1. The second-order valence-electron chi connectivity index (χ2n) is 3.85. The Morgan fingerprint density at radius 2 is 1.89 bits per heavy atom. The molecule has 4 nitrogen and oxygen atoms in total. The molecule has 106 valence electrons. The molecule has 1 unspecified atom stereocenters. The van der Waals surface area contributed by atoms with Crippen molar-refractivity contribution < 1.29 is 32.6 Å². The third-order valence-corrected chi connectivity index (χ3v) is 3.40. The van der Waals surface area contributed by atoms with Gasteiger partial charge in [0.25, 0.3) is 0 Å². The van der Waals surface area contributed by atoms with Crippen LogP contribution in [-0.4, -0.2) is 41.3 Å². The molecule has 0 spiro atoms. The van der Waals surface area contributed by atoms with Crippen LogP contribution in [0.15, 0.2) is 0 Å². The first kappa shape index (κ1) is 17.1. The number of carboxylic acids is 1. The van der Waals surface area contributed by atoms with Gasteiger partial charge in [-0.2, -0.15) is 13.2 Å². The summed E-state index contributed by atoms with van der Waals surface area (Å²) in [5.41, 5.74) is -2.86. The molecule has 0 radical (unpaired) electrons. The van der Waals surface area contributed by atoms with Crippen LogP contribution in [0.1, 0.15) is 20.3 Å². The number of hydrogen-bond acceptors (Lipinski definition) is 4. The Morgan fingerprint density at radius 1 is 1.33 bits per heavy atom. The molecule has 1 atom stereocenters. The third kappa shape index (κ3) is 4.75. The maximum absolute atomic E-state index is 12.6. The van der Waals surface area contributed by atoms with Gasteiger partial charge in [-0.15, -0.1) is 11.8 Å². The molecule has 0 amide bonds. The van der Waals surface area contributed by atoms with Crippen LogP contribution in [0.3, 0.4) is 0 Å². The first-order valence-electron chi connectivity index (χ1n) is 5.18. The first-order chi connectivity index (χ1) is 8.15. The Kier molecular flexibility index (Phi) is 6.51. The zero-order valence-electron chi connectivity index (χ0n) is 10.0. The quantitative estimate of drug-likeness (QED) is 0.728. The number of hydrogen-bond donors (Lipinski definition) is 1. The van der Waals surface area contributed by atoms with Crippen molar-refractivity contribution in [2.45, 2.75) is 26.4 Å². The molecule has 0 aliphatic rings. The Morgan fingerprint density at radius 3 is 2.28 bits per heavy atom. The van der Waals surface area contributed by atoms with E-state index < -0.39 is 29.3 Å². The lowest BCUT2D eigenvalue weighted by Crippen LogP contribution is -2.44. The Labute approximate surface area is 107 Å². The summed E-state index contributed by atoms with van der Waals surface area (Å²) in [7, 11) is 0. The second-order valence-corrected chi connectivity index (χ2v) is 4.83. The highest BCUT2D eigenvalue weighted by atomic mass is 32.2. The average molecular weight is 288 g/mol. The van der Waals surface area contributed by atoms with E-state index in [-0.39, 0.29) is 12.4 Å². The zero-order chi connectivity index (χ0) is 14.4. The minimum Gasteiger partial charge on any atom is -0.481 e. The molecule has 0 saturated heterocycles. The molecular weight excluding hydrogens is 273 g/mol. The van der Waals surface area contributed by atoms with E-state index in [1.54, 1.807) is 6.92 Å². The third-order valence-electron chi connectivity index (χ3n) is 2.18. The summed E-state index contributed by atoms with van der Waals surface area (Å²) in [6.07, 6.45) is -4.25. The normalized spacial score (nSPS) is 14.9. The van der Waals surface area contributed by atoms with Crippen LogP contribution in [0.5, 0.6) is 0 Å². The van der Waals surface area contributed by atoms with Crippen molar-refractivity contribution in [1.82, 2.24) is 0 Å². The number of thioether (sulfide) groups is 1. The smallest absolute Gasteiger partial charge is 0.405 e. The van der Waals surface area contributed by atoms with E-state index in [1.165, 1.54) is 0 Å². The topological polar surface area (TPSA) is 63.6 Å². The molecule has 0 aromatic rings. The minimum absolute atomic E-state index is 0.203. The molecule has 0 bridgehead atoms. The van der Waals surface area contributed by atoms with Gasteiger partial charge in [-0.05, 0) is 13.3 Å². The van der Waals surface area contributed by atoms with Crippen LogP contribution >= 0.6 is 11.8 Å². The SMILES string of the molecule is CCCOC(=O)CSCC(C)(C(=O)O)C(F)(F)F. The average Bonchev–Trinajstić information content (AvgIpc) is 2.24. The summed E-state index contributed by atoms with van der Waals surface area (Å²) in [4.78, 5) is 21.7. The number of rotatable bonds is 7. The van der Waals surface area contributed by atoms with Crippen molar-refractivity contribution in [3.05, 3.63) is 0 Å². The van der Waals surface area contributed by atoms with Gasteiger partial charge in [-0.1, -0.05) is 6.92 Å². The molecule has 0 fully saturated rings. The Balaban J connectivity index is 4.32. The van der Waals surface area contributed by atoms with E-state index in [2.05, 4.69) is 4.74 Å². The number of ether oxygens (including phenoxy) is 1. The molecule has 0 aliphatic carbocycles. The van der Waals surface area contributed by atoms with Crippen molar-refractivity contribution in [2.24, 2.45) is 5.41 Å². The monoisotopic (exact) mass is 288 g/mol.